The Morgan fingerprint density at radius 2 is 2.17 bits per heavy atom. The maximum absolute atomic E-state index is 10.1. The molecule has 0 bridgehead atoms. The van der Waals surface area contributed by atoms with Gasteiger partial charge in [0.25, 0.3) is 0 Å². The summed E-state index contributed by atoms with van der Waals surface area (Å²) in [6.45, 7) is 1.10. The number of aromatic amines is 1. The van der Waals surface area contributed by atoms with E-state index < -0.39 is 0 Å². The molecule has 0 amide bonds. The molecule has 18 heavy (non-hydrogen) atoms. The van der Waals surface area contributed by atoms with E-state index in [-0.39, 0.29) is 5.21 Å². The van der Waals surface area contributed by atoms with Gasteiger partial charge in [-0.3, -0.25) is 0 Å². The molecule has 3 nitrogen and oxygen atoms in total. The highest BCUT2D eigenvalue weighted by atomic mass is 16.3. The summed E-state index contributed by atoms with van der Waals surface area (Å²) in [5, 5.41) is 14.7. The van der Waals surface area contributed by atoms with Crippen molar-refractivity contribution in [1.29, 1.82) is 0 Å². The number of hydrogen-bond acceptors (Lipinski definition) is 2. The Kier molecular flexibility index (Phi) is 2.67. The van der Waals surface area contributed by atoms with Crippen LogP contribution in [0.2, 0.25) is 0 Å². The van der Waals surface area contributed by atoms with Gasteiger partial charge in [0.05, 0.1) is 0 Å². The molecule has 2 aromatic rings. The first-order valence-electron chi connectivity index (χ1n) is 6.63. The summed E-state index contributed by atoms with van der Waals surface area (Å²) in [5.74, 6) is 0.370. The van der Waals surface area contributed by atoms with Crippen molar-refractivity contribution in [1.82, 2.24) is 10.3 Å². The summed E-state index contributed by atoms with van der Waals surface area (Å²) in [5.41, 5.74) is 2.21. The molecular formula is C13H18B2N2O. The molecule has 1 fully saturated rings. The van der Waals surface area contributed by atoms with Gasteiger partial charge in [-0.05, 0) is 42.3 Å². The van der Waals surface area contributed by atoms with Gasteiger partial charge in [0.15, 0.2) is 0 Å². The second-order valence-electron chi connectivity index (χ2n) is 5.77. The van der Waals surface area contributed by atoms with Gasteiger partial charge >= 0.3 is 0 Å². The number of aromatic nitrogens is 1. The largest absolute Gasteiger partial charge is 0.507 e. The van der Waals surface area contributed by atoms with Crippen LogP contribution in [-0.4, -0.2) is 38.4 Å². The number of nitrogens with one attached hydrogen (secondary N) is 2. The molecule has 1 saturated heterocycles. The minimum atomic E-state index is 0.0214. The van der Waals surface area contributed by atoms with E-state index in [0.717, 1.165) is 17.4 Å². The summed E-state index contributed by atoms with van der Waals surface area (Å²) in [4.78, 5) is 3.27. The maximum Gasteiger partial charge on any atom is 0.125 e. The lowest BCUT2D eigenvalue weighted by molar-refractivity contribution is 0.480. The predicted molar refractivity (Wildman–Crippen MR) is 79.8 cm³/mol. The van der Waals surface area contributed by atoms with Gasteiger partial charge in [-0.15, -0.1) is 0 Å². The molecule has 1 aromatic carbocycles. The molecule has 0 aliphatic carbocycles. The van der Waals surface area contributed by atoms with Gasteiger partial charge in [-0.25, -0.2) is 0 Å². The molecule has 1 aliphatic heterocycles. The van der Waals surface area contributed by atoms with Crippen LogP contribution >= 0.6 is 0 Å². The van der Waals surface area contributed by atoms with Crippen LogP contribution in [0, 0.1) is 0 Å². The molecule has 0 spiro atoms. The van der Waals surface area contributed by atoms with E-state index in [9.17, 15) is 5.11 Å². The van der Waals surface area contributed by atoms with E-state index in [0.29, 0.717) is 11.8 Å². The van der Waals surface area contributed by atoms with Gasteiger partial charge < -0.3 is 15.4 Å². The Bertz CT molecular complexity index is 573. The van der Waals surface area contributed by atoms with Crippen LogP contribution in [0.15, 0.2) is 24.4 Å². The SMILES string of the molecule is BC(B)(c1c[nH]c2cccc(O)c12)C1CCCN1. The first-order valence-corrected chi connectivity index (χ1v) is 6.63. The van der Waals surface area contributed by atoms with Crippen LogP contribution in [0.1, 0.15) is 18.4 Å². The van der Waals surface area contributed by atoms with E-state index in [1.807, 2.05) is 18.3 Å². The van der Waals surface area contributed by atoms with Crippen molar-refractivity contribution in [2.75, 3.05) is 6.54 Å². The topological polar surface area (TPSA) is 48.0 Å². The number of phenolic OH excluding ortho intramolecular Hbond substituents is 1. The van der Waals surface area contributed by atoms with Crippen LogP contribution in [-0.2, 0) is 5.21 Å². The fourth-order valence-corrected chi connectivity index (χ4v) is 3.16. The van der Waals surface area contributed by atoms with Gasteiger partial charge in [-0.1, -0.05) is 6.07 Å². The quantitative estimate of drug-likeness (QED) is 0.649. The molecule has 3 rings (SSSR count). The maximum atomic E-state index is 10.1. The Labute approximate surface area is 109 Å². The van der Waals surface area contributed by atoms with E-state index in [1.165, 1.54) is 18.4 Å². The zero-order valence-electron chi connectivity index (χ0n) is 11.0. The molecule has 92 valence electrons. The summed E-state index contributed by atoms with van der Waals surface area (Å²) in [7, 11) is 4.51. The molecule has 3 N–H and O–H groups in total. The number of hydrogen-bond donors (Lipinski definition) is 3. The zero-order valence-corrected chi connectivity index (χ0v) is 11.0. The van der Waals surface area contributed by atoms with E-state index >= 15 is 0 Å². The average Bonchev–Trinajstić information content (AvgIpc) is 2.99. The average molecular weight is 240 g/mol. The minimum Gasteiger partial charge on any atom is -0.507 e. The van der Waals surface area contributed by atoms with Crippen LogP contribution in [0.3, 0.4) is 0 Å². The number of rotatable bonds is 2. The molecule has 1 unspecified atom stereocenters. The molecule has 5 heteroatoms. The number of phenols is 1. The lowest BCUT2D eigenvalue weighted by Crippen LogP contribution is -2.46. The minimum absolute atomic E-state index is 0.0214. The third-order valence-corrected chi connectivity index (χ3v) is 4.31. The van der Waals surface area contributed by atoms with Crippen LogP contribution < -0.4 is 5.32 Å². The summed E-state index contributed by atoms with van der Waals surface area (Å²) in [6, 6.07) is 6.13. The highest BCUT2D eigenvalue weighted by Gasteiger charge is 2.35. The highest BCUT2D eigenvalue weighted by Crippen LogP contribution is 2.36. The molecule has 1 aromatic heterocycles. The van der Waals surface area contributed by atoms with Gasteiger partial charge in [0.1, 0.15) is 21.4 Å². The lowest BCUT2D eigenvalue weighted by atomic mass is 9.47. The summed E-state index contributed by atoms with van der Waals surface area (Å²) < 4.78 is 0. The molecule has 1 aliphatic rings. The van der Waals surface area contributed by atoms with Gasteiger partial charge in [-0.2, -0.15) is 0 Å². The second kappa shape index (κ2) is 4.09. The highest BCUT2D eigenvalue weighted by molar-refractivity contribution is 6.41. The lowest BCUT2D eigenvalue weighted by Gasteiger charge is -2.32. The third-order valence-electron chi connectivity index (χ3n) is 4.31. The van der Waals surface area contributed by atoms with Crippen molar-refractivity contribution in [3.63, 3.8) is 0 Å². The Morgan fingerprint density at radius 3 is 2.89 bits per heavy atom. The first kappa shape index (κ1) is 11.7. The summed E-state index contributed by atoms with van der Waals surface area (Å²) in [6.07, 6.45) is 4.49. The molecule has 0 radical (unpaired) electrons. The number of aromatic hydroxyl groups is 1. The van der Waals surface area contributed by atoms with Crippen molar-refractivity contribution in [3.8, 4) is 5.75 Å². The van der Waals surface area contributed by atoms with Crippen molar-refractivity contribution in [2.24, 2.45) is 0 Å². The predicted octanol–water partition coefficient (Wildman–Crippen LogP) is 0.0445. The normalized spacial score (nSPS) is 20.6. The standard InChI is InChI=1S/C13H18B2N2O/c14-13(15,11-5-2-6-16-11)8-7-17-9-3-1-4-10(18)12(8)9/h1,3-4,7,11,16-18H,2,5-6,14-15H2. The Balaban J connectivity index is 2.13. The summed E-state index contributed by atoms with van der Waals surface area (Å²) >= 11 is 0. The molecular weight excluding hydrogens is 222 g/mol. The van der Waals surface area contributed by atoms with Crippen molar-refractivity contribution < 1.29 is 5.11 Å². The smallest absolute Gasteiger partial charge is 0.125 e. The van der Waals surface area contributed by atoms with E-state index in [1.54, 1.807) is 6.07 Å². The van der Waals surface area contributed by atoms with Crippen molar-refractivity contribution in [3.05, 3.63) is 30.0 Å². The van der Waals surface area contributed by atoms with Crippen molar-refractivity contribution in [2.45, 2.75) is 24.1 Å². The van der Waals surface area contributed by atoms with E-state index in [4.69, 9.17) is 0 Å². The molecule has 0 saturated carbocycles. The fraction of sp³-hybridized carbons (Fsp3) is 0.385. The van der Waals surface area contributed by atoms with Crippen molar-refractivity contribution >= 4 is 26.6 Å². The fourth-order valence-electron chi connectivity index (χ4n) is 3.16. The second-order valence-corrected chi connectivity index (χ2v) is 5.77. The van der Waals surface area contributed by atoms with Gasteiger partial charge in [0, 0.05) is 23.1 Å². The number of H-pyrrole nitrogens is 1. The Morgan fingerprint density at radius 1 is 1.33 bits per heavy atom. The van der Waals surface area contributed by atoms with Crippen LogP contribution in [0.25, 0.3) is 10.9 Å². The van der Waals surface area contributed by atoms with E-state index in [2.05, 4.69) is 26.0 Å². The Hall–Kier alpha value is -1.35. The zero-order chi connectivity index (χ0) is 12.8. The van der Waals surface area contributed by atoms with Crippen LogP contribution in [0.4, 0.5) is 0 Å². The first-order chi connectivity index (χ1) is 8.60. The molecule has 1 atom stereocenters. The number of benzene rings is 1. The third kappa shape index (κ3) is 1.65. The van der Waals surface area contributed by atoms with Crippen LogP contribution in [0.5, 0.6) is 5.75 Å². The van der Waals surface area contributed by atoms with Gasteiger partial charge in [0.2, 0.25) is 0 Å². The number of fused-ring (bicyclic) bond motifs is 1. The monoisotopic (exact) mass is 240 g/mol. The molecule has 2 heterocycles.